The number of hydrogen-bond donors (Lipinski definition) is 2. The SMILES string of the molecule is Cc1ccc([N+](=O)[O-])cc1NCC(=O)Nc1ccc(S(C)(=O)=O)cc1. The highest BCUT2D eigenvalue weighted by atomic mass is 32.2. The number of nitrogens with zero attached hydrogens (tertiary/aromatic N) is 1. The first kappa shape index (κ1) is 18.4. The van der Waals surface area contributed by atoms with E-state index in [1.54, 1.807) is 13.0 Å². The number of carbonyl (C=O) groups is 1. The minimum absolute atomic E-state index is 0.0649. The Morgan fingerprint density at radius 1 is 1.16 bits per heavy atom. The van der Waals surface area contributed by atoms with Gasteiger partial charge in [0.15, 0.2) is 9.84 Å². The lowest BCUT2D eigenvalue weighted by Crippen LogP contribution is -2.22. The zero-order valence-corrected chi connectivity index (χ0v) is 14.5. The average molecular weight is 363 g/mol. The van der Waals surface area contributed by atoms with Gasteiger partial charge < -0.3 is 10.6 Å². The van der Waals surface area contributed by atoms with Gasteiger partial charge in [0.05, 0.1) is 16.4 Å². The van der Waals surface area contributed by atoms with Gasteiger partial charge in [-0.2, -0.15) is 0 Å². The molecule has 0 atom stereocenters. The predicted molar refractivity (Wildman–Crippen MR) is 94.5 cm³/mol. The van der Waals surface area contributed by atoms with E-state index < -0.39 is 14.8 Å². The van der Waals surface area contributed by atoms with Gasteiger partial charge >= 0.3 is 0 Å². The summed E-state index contributed by atoms with van der Waals surface area (Å²) in [6.45, 7) is 1.68. The first-order valence-electron chi connectivity index (χ1n) is 7.26. The molecular formula is C16H17N3O5S. The van der Waals surface area contributed by atoms with Crippen LogP contribution in [-0.2, 0) is 14.6 Å². The number of non-ortho nitro benzene ring substituents is 1. The zero-order chi connectivity index (χ0) is 18.6. The van der Waals surface area contributed by atoms with Crippen LogP contribution in [-0.4, -0.2) is 32.0 Å². The molecule has 0 fully saturated rings. The lowest BCUT2D eigenvalue weighted by atomic mass is 10.2. The van der Waals surface area contributed by atoms with E-state index in [-0.39, 0.29) is 23.0 Å². The molecule has 1 amide bonds. The van der Waals surface area contributed by atoms with Crippen LogP contribution in [0.2, 0.25) is 0 Å². The topological polar surface area (TPSA) is 118 Å². The molecule has 2 rings (SSSR count). The number of amides is 1. The third-order valence-electron chi connectivity index (χ3n) is 3.44. The number of rotatable bonds is 6. The number of aryl methyl sites for hydroxylation is 1. The molecule has 0 spiro atoms. The van der Waals surface area contributed by atoms with Gasteiger partial charge in [0, 0.05) is 29.8 Å². The van der Waals surface area contributed by atoms with Gasteiger partial charge in [0.25, 0.3) is 5.69 Å². The molecule has 0 bridgehead atoms. The van der Waals surface area contributed by atoms with Crippen molar-refractivity contribution in [3.05, 3.63) is 58.1 Å². The third kappa shape index (κ3) is 5.01. The first-order valence-corrected chi connectivity index (χ1v) is 9.15. The van der Waals surface area contributed by atoms with Gasteiger partial charge in [-0.15, -0.1) is 0 Å². The maximum atomic E-state index is 12.0. The summed E-state index contributed by atoms with van der Waals surface area (Å²) in [6.07, 6.45) is 1.10. The second kappa shape index (κ2) is 7.31. The summed E-state index contributed by atoms with van der Waals surface area (Å²) in [5, 5.41) is 16.3. The van der Waals surface area contributed by atoms with Crippen LogP contribution in [0.3, 0.4) is 0 Å². The van der Waals surface area contributed by atoms with Crippen LogP contribution in [0.15, 0.2) is 47.4 Å². The van der Waals surface area contributed by atoms with Crippen LogP contribution in [0.5, 0.6) is 0 Å². The highest BCUT2D eigenvalue weighted by Gasteiger charge is 2.10. The lowest BCUT2D eigenvalue weighted by Gasteiger charge is -2.10. The highest BCUT2D eigenvalue weighted by molar-refractivity contribution is 7.90. The van der Waals surface area contributed by atoms with Crippen LogP contribution in [0.4, 0.5) is 17.1 Å². The largest absolute Gasteiger partial charge is 0.376 e. The van der Waals surface area contributed by atoms with Crippen molar-refractivity contribution in [2.45, 2.75) is 11.8 Å². The van der Waals surface area contributed by atoms with Gasteiger partial charge in [-0.1, -0.05) is 6.07 Å². The third-order valence-corrected chi connectivity index (χ3v) is 4.57. The van der Waals surface area contributed by atoms with E-state index in [9.17, 15) is 23.3 Å². The maximum absolute atomic E-state index is 12.0. The fraction of sp³-hybridized carbons (Fsp3) is 0.188. The molecule has 0 radical (unpaired) electrons. The van der Waals surface area contributed by atoms with Crippen molar-refractivity contribution in [1.29, 1.82) is 0 Å². The summed E-state index contributed by atoms with van der Waals surface area (Å²) in [5.74, 6) is -0.363. The Hall–Kier alpha value is -2.94. The predicted octanol–water partition coefficient (Wildman–Crippen LogP) is 2.36. The number of benzene rings is 2. The van der Waals surface area contributed by atoms with E-state index in [4.69, 9.17) is 0 Å². The van der Waals surface area contributed by atoms with Crippen molar-refractivity contribution in [3.63, 3.8) is 0 Å². The zero-order valence-electron chi connectivity index (χ0n) is 13.6. The Labute approximate surface area is 144 Å². The molecule has 0 aliphatic carbocycles. The number of nitro groups is 1. The Morgan fingerprint density at radius 2 is 1.80 bits per heavy atom. The molecule has 25 heavy (non-hydrogen) atoms. The smallest absolute Gasteiger partial charge is 0.271 e. The molecule has 0 saturated carbocycles. The van der Waals surface area contributed by atoms with E-state index in [2.05, 4.69) is 10.6 Å². The molecule has 0 aliphatic heterocycles. The average Bonchev–Trinajstić information content (AvgIpc) is 2.53. The van der Waals surface area contributed by atoms with Gasteiger partial charge in [-0.25, -0.2) is 8.42 Å². The summed E-state index contributed by atoms with van der Waals surface area (Å²) >= 11 is 0. The van der Waals surface area contributed by atoms with E-state index >= 15 is 0 Å². The lowest BCUT2D eigenvalue weighted by molar-refractivity contribution is -0.384. The first-order chi connectivity index (χ1) is 11.7. The summed E-state index contributed by atoms with van der Waals surface area (Å²) in [5.41, 5.74) is 1.66. The van der Waals surface area contributed by atoms with Crippen LogP contribution in [0, 0.1) is 17.0 Å². The number of anilines is 2. The van der Waals surface area contributed by atoms with E-state index in [1.807, 2.05) is 0 Å². The molecule has 132 valence electrons. The molecular weight excluding hydrogens is 346 g/mol. The number of sulfone groups is 1. The normalized spacial score (nSPS) is 11.0. The van der Waals surface area contributed by atoms with Crippen molar-refractivity contribution in [3.8, 4) is 0 Å². The molecule has 8 nitrogen and oxygen atoms in total. The molecule has 2 N–H and O–H groups in total. The Bertz CT molecular complexity index is 908. The van der Waals surface area contributed by atoms with E-state index in [0.717, 1.165) is 11.8 Å². The number of nitrogens with one attached hydrogen (secondary N) is 2. The second-order valence-electron chi connectivity index (χ2n) is 5.45. The molecule has 0 saturated heterocycles. The number of hydrogen-bond acceptors (Lipinski definition) is 6. The Kier molecular flexibility index (Phi) is 5.38. The van der Waals surface area contributed by atoms with E-state index in [0.29, 0.717) is 11.4 Å². The molecule has 9 heteroatoms. The fourth-order valence-corrected chi connectivity index (χ4v) is 2.71. The van der Waals surface area contributed by atoms with E-state index in [1.165, 1.54) is 36.4 Å². The summed E-state index contributed by atoms with van der Waals surface area (Å²) < 4.78 is 22.8. The Balaban J connectivity index is 1.99. The van der Waals surface area contributed by atoms with Crippen molar-refractivity contribution >= 4 is 32.8 Å². The number of nitro benzene ring substituents is 1. The van der Waals surface area contributed by atoms with Gasteiger partial charge in [-0.3, -0.25) is 14.9 Å². The molecule has 0 aromatic heterocycles. The van der Waals surface area contributed by atoms with Crippen molar-refractivity contribution < 1.29 is 18.1 Å². The molecule has 0 aliphatic rings. The van der Waals surface area contributed by atoms with Crippen LogP contribution < -0.4 is 10.6 Å². The van der Waals surface area contributed by atoms with Crippen molar-refractivity contribution in [1.82, 2.24) is 0 Å². The summed E-state index contributed by atoms with van der Waals surface area (Å²) in [7, 11) is -3.29. The Morgan fingerprint density at radius 3 is 2.36 bits per heavy atom. The molecule has 2 aromatic carbocycles. The van der Waals surface area contributed by atoms with Gasteiger partial charge in [-0.05, 0) is 36.8 Å². The van der Waals surface area contributed by atoms with Crippen LogP contribution >= 0.6 is 0 Å². The van der Waals surface area contributed by atoms with Gasteiger partial charge in [0.2, 0.25) is 5.91 Å². The van der Waals surface area contributed by atoms with Crippen molar-refractivity contribution in [2.75, 3.05) is 23.4 Å². The molecule has 0 heterocycles. The highest BCUT2D eigenvalue weighted by Crippen LogP contribution is 2.21. The minimum atomic E-state index is -3.29. The minimum Gasteiger partial charge on any atom is -0.376 e. The number of carbonyl (C=O) groups excluding carboxylic acids is 1. The van der Waals surface area contributed by atoms with Crippen molar-refractivity contribution in [2.24, 2.45) is 0 Å². The fourth-order valence-electron chi connectivity index (χ4n) is 2.08. The quantitative estimate of drug-likeness (QED) is 0.601. The molecule has 2 aromatic rings. The maximum Gasteiger partial charge on any atom is 0.271 e. The molecule has 0 unspecified atom stereocenters. The monoisotopic (exact) mass is 363 g/mol. The van der Waals surface area contributed by atoms with Crippen LogP contribution in [0.1, 0.15) is 5.56 Å². The summed E-state index contributed by atoms with van der Waals surface area (Å²) in [4.78, 5) is 22.4. The standard InChI is InChI=1S/C16H17N3O5S/c1-11-3-6-13(19(21)22)9-15(11)17-10-16(20)18-12-4-7-14(8-5-12)25(2,23)24/h3-9,17H,10H2,1-2H3,(H,18,20). The summed E-state index contributed by atoms with van der Waals surface area (Å²) in [6, 6.07) is 10.2. The van der Waals surface area contributed by atoms with Gasteiger partial charge in [0.1, 0.15) is 0 Å². The second-order valence-corrected chi connectivity index (χ2v) is 7.47. The van der Waals surface area contributed by atoms with Crippen LogP contribution in [0.25, 0.3) is 0 Å².